The summed E-state index contributed by atoms with van der Waals surface area (Å²) in [4.78, 5) is 15.9. The monoisotopic (exact) mass is 403 g/mol. The number of nitrogens with one attached hydrogen (secondary N) is 1. The number of anilines is 1. The topological polar surface area (TPSA) is 68.1 Å². The first-order valence-electron chi connectivity index (χ1n) is 9.40. The molecule has 1 unspecified atom stereocenters. The molecular formula is C21H27N2O4S+. The smallest absolute Gasteiger partial charge is 0.282 e. The van der Waals surface area contributed by atoms with E-state index in [1.54, 1.807) is 12.0 Å². The Labute approximate surface area is 166 Å². The van der Waals surface area contributed by atoms with Crippen LogP contribution in [0.15, 0.2) is 54.6 Å². The minimum absolute atomic E-state index is 0.0329. The van der Waals surface area contributed by atoms with E-state index in [-0.39, 0.29) is 30.0 Å². The Kier molecular flexibility index (Phi) is 6.36. The molecule has 1 heterocycles. The lowest BCUT2D eigenvalue weighted by atomic mass is 10.1. The molecule has 0 spiro atoms. The number of quaternary nitrogens is 1. The number of rotatable bonds is 7. The van der Waals surface area contributed by atoms with Crippen molar-refractivity contribution in [3.8, 4) is 5.75 Å². The zero-order valence-corrected chi connectivity index (χ0v) is 17.1. The van der Waals surface area contributed by atoms with E-state index in [0.29, 0.717) is 13.0 Å². The van der Waals surface area contributed by atoms with Crippen LogP contribution in [0, 0.1) is 0 Å². The number of hydrogen-bond donors (Lipinski definition) is 1. The Bertz CT molecular complexity index is 898. The van der Waals surface area contributed by atoms with Crippen LogP contribution in [0.2, 0.25) is 0 Å². The van der Waals surface area contributed by atoms with Crippen LogP contribution >= 0.6 is 0 Å². The highest BCUT2D eigenvalue weighted by molar-refractivity contribution is 7.91. The number of amides is 1. The molecule has 7 heteroatoms. The van der Waals surface area contributed by atoms with Gasteiger partial charge in [0.2, 0.25) is 0 Å². The summed E-state index contributed by atoms with van der Waals surface area (Å²) >= 11 is 0. The first-order chi connectivity index (χ1) is 13.4. The van der Waals surface area contributed by atoms with Crippen LogP contribution in [-0.2, 0) is 21.2 Å². The third-order valence-corrected chi connectivity index (χ3v) is 6.74. The van der Waals surface area contributed by atoms with E-state index in [4.69, 9.17) is 4.74 Å². The van der Waals surface area contributed by atoms with Crippen LogP contribution < -0.4 is 14.5 Å². The lowest BCUT2D eigenvalue weighted by Crippen LogP contribution is -3.09. The second-order valence-corrected chi connectivity index (χ2v) is 9.54. The molecule has 0 saturated carbocycles. The summed E-state index contributed by atoms with van der Waals surface area (Å²) in [6, 6.07) is 16.8. The molecule has 1 fully saturated rings. The number of hydrogen-bond acceptors (Lipinski definition) is 4. The molecule has 28 heavy (non-hydrogen) atoms. The molecule has 1 aliphatic heterocycles. The first kappa shape index (κ1) is 20.4. The van der Waals surface area contributed by atoms with Gasteiger partial charge < -0.3 is 14.5 Å². The van der Waals surface area contributed by atoms with Gasteiger partial charge in [-0.2, -0.15) is 0 Å². The Balaban J connectivity index is 1.71. The zero-order chi connectivity index (χ0) is 20.1. The van der Waals surface area contributed by atoms with Gasteiger partial charge in [-0.05, 0) is 42.8 Å². The number of sulfone groups is 1. The summed E-state index contributed by atoms with van der Waals surface area (Å²) in [5.41, 5.74) is 1.87. The number of methoxy groups -OCH3 is 1. The Morgan fingerprint density at radius 2 is 1.82 bits per heavy atom. The van der Waals surface area contributed by atoms with E-state index in [0.717, 1.165) is 21.9 Å². The number of carbonyl (C=O) groups is 1. The van der Waals surface area contributed by atoms with E-state index in [1.165, 1.54) is 0 Å². The quantitative estimate of drug-likeness (QED) is 0.747. The van der Waals surface area contributed by atoms with E-state index in [1.807, 2.05) is 61.6 Å². The van der Waals surface area contributed by atoms with Crippen molar-refractivity contribution >= 4 is 21.4 Å². The molecule has 6 nitrogen and oxygen atoms in total. The summed E-state index contributed by atoms with van der Waals surface area (Å²) in [5, 5.41) is 0. The summed E-state index contributed by atoms with van der Waals surface area (Å²) in [7, 11) is 0.522. The molecular weight excluding hydrogens is 376 g/mol. The largest absolute Gasteiger partial charge is 0.497 e. The number of ether oxygens (including phenoxy) is 1. The van der Waals surface area contributed by atoms with Crippen molar-refractivity contribution in [2.45, 2.75) is 19.0 Å². The van der Waals surface area contributed by atoms with Gasteiger partial charge in [0.1, 0.15) is 12.3 Å². The normalized spacial score (nSPS) is 19.1. The first-order valence-corrected chi connectivity index (χ1v) is 11.2. The third-order valence-electron chi connectivity index (χ3n) is 4.99. The molecule has 3 rings (SSSR count). The van der Waals surface area contributed by atoms with E-state index < -0.39 is 9.84 Å². The molecule has 2 aromatic carbocycles. The van der Waals surface area contributed by atoms with Crippen molar-refractivity contribution in [2.75, 3.05) is 37.1 Å². The highest BCUT2D eigenvalue weighted by Gasteiger charge is 2.36. The van der Waals surface area contributed by atoms with Crippen LogP contribution in [0.4, 0.5) is 5.69 Å². The van der Waals surface area contributed by atoms with Gasteiger partial charge in [-0.25, -0.2) is 8.42 Å². The number of nitrogens with zero attached hydrogens (tertiary/aromatic N) is 1. The maximum atomic E-state index is 13.1. The highest BCUT2D eigenvalue weighted by Crippen LogP contribution is 2.24. The minimum Gasteiger partial charge on any atom is -0.497 e. The maximum Gasteiger partial charge on any atom is 0.282 e. The molecule has 150 valence electrons. The average molecular weight is 404 g/mol. The zero-order valence-electron chi connectivity index (χ0n) is 16.3. The van der Waals surface area contributed by atoms with Gasteiger partial charge in [0.25, 0.3) is 5.91 Å². The predicted molar refractivity (Wildman–Crippen MR) is 109 cm³/mol. The molecule has 0 radical (unpaired) electrons. The Morgan fingerprint density at radius 1 is 1.14 bits per heavy atom. The van der Waals surface area contributed by atoms with E-state index in [9.17, 15) is 13.2 Å². The van der Waals surface area contributed by atoms with Crippen LogP contribution in [0.25, 0.3) is 0 Å². The SMILES string of the molecule is COc1ccc(C[NH+](C)CC(=O)N(c2ccccc2)[C@@H]2CCS(=O)(=O)C2)cc1. The average Bonchev–Trinajstić information content (AvgIpc) is 3.02. The molecule has 0 bridgehead atoms. The van der Waals surface area contributed by atoms with Gasteiger partial charge in [-0.15, -0.1) is 0 Å². The van der Waals surface area contributed by atoms with Crippen molar-refractivity contribution in [2.24, 2.45) is 0 Å². The van der Waals surface area contributed by atoms with Crippen LogP contribution in [0.5, 0.6) is 5.75 Å². The van der Waals surface area contributed by atoms with Crippen molar-refractivity contribution in [3.63, 3.8) is 0 Å². The maximum absolute atomic E-state index is 13.1. The van der Waals surface area contributed by atoms with Crippen LogP contribution in [0.1, 0.15) is 12.0 Å². The Hall–Kier alpha value is -2.38. The standard InChI is InChI=1S/C21H26N2O4S/c1-22(14-17-8-10-20(27-2)11-9-17)15-21(24)23(18-6-4-3-5-7-18)19-12-13-28(25,26)16-19/h3-11,19H,12-16H2,1-2H3/p+1/t19-/m1/s1. The Morgan fingerprint density at radius 3 is 2.39 bits per heavy atom. The van der Waals surface area contributed by atoms with Gasteiger partial charge in [0.15, 0.2) is 16.4 Å². The number of benzene rings is 2. The molecule has 2 atom stereocenters. The fourth-order valence-electron chi connectivity index (χ4n) is 3.62. The van der Waals surface area contributed by atoms with Crippen molar-refractivity contribution in [1.29, 1.82) is 0 Å². The van der Waals surface area contributed by atoms with Crippen molar-refractivity contribution < 1.29 is 22.8 Å². The summed E-state index contributed by atoms with van der Waals surface area (Å²) in [5.74, 6) is 0.919. The lowest BCUT2D eigenvalue weighted by Gasteiger charge is -2.29. The van der Waals surface area contributed by atoms with Gasteiger partial charge in [-0.1, -0.05) is 18.2 Å². The van der Waals surface area contributed by atoms with E-state index >= 15 is 0 Å². The molecule has 1 aliphatic rings. The molecule has 1 N–H and O–H groups in total. The molecule has 1 saturated heterocycles. The molecule has 2 aromatic rings. The number of likely N-dealkylation sites (N-methyl/N-ethyl adjacent to an activating group) is 1. The minimum atomic E-state index is -3.08. The second-order valence-electron chi connectivity index (χ2n) is 7.31. The summed E-state index contributed by atoms with van der Waals surface area (Å²) in [6.45, 7) is 0.985. The molecule has 0 aromatic heterocycles. The summed E-state index contributed by atoms with van der Waals surface area (Å²) in [6.07, 6.45) is 0.487. The third kappa shape index (κ3) is 5.11. The van der Waals surface area contributed by atoms with Gasteiger partial charge in [0.05, 0.1) is 31.7 Å². The van der Waals surface area contributed by atoms with Gasteiger partial charge >= 0.3 is 0 Å². The van der Waals surface area contributed by atoms with Crippen LogP contribution in [0.3, 0.4) is 0 Å². The molecule has 0 aliphatic carbocycles. The lowest BCUT2D eigenvalue weighted by molar-refractivity contribution is -0.885. The van der Waals surface area contributed by atoms with Crippen molar-refractivity contribution in [1.82, 2.24) is 0 Å². The predicted octanol–water partition coefficient (Wildman–Crippen LogP) is 0.930. The number of carbonyl (C=O) groups excluding carboxylic acids is 1. The van der Waals surface area contributed by atoms with Gasteiger partial charge in [-0.3, -0.25) is 4.79 Å². The van der Waals surface area contributed by atoms with E-state index in [2.05, 4.69) is 0 Å². The van der Waals surface area contributed by atoms with Crippen LogP contribution in [-0.4, -0.2) is 52.6 Å². The highest BCUT2D eigenvalue weighted by atomic mass is 32.2. The fourth-order valence-corrected chi connectivity index (χ4v) is 5.32. The fraction of sp³-hybridized carbons (Fsp3) is 0.381. The molecule has 1 amide bonds. The summed E-state index contributed by atoms with van der Waals surface area (Å²) < 4.78 is 29.1. The number of para-hydroxylation sites is 1. The van der Waals surface area contributed by atoms with Crippen molar-refractivity contribution in [3.05, 3.63) is 60.2 Å². The van der Waals surface area contributed by atoms with Gasteiger partial charge in [0, 0.05) is 11.3 Å². The second kappa shape index (κ2) is 8.75.